The van der Waals surface area contributed by atoms with E-state index in [1.165, 1.54) is 13.2 Å². The lowest BCUT2D eigenvalue weighted by atomic mass is 10.2. The Morgan fingerprint density at radius 1 is 1.44 bits per heavy atom. The molecular formula is C13H17FN2O2. The largest absolute Gasteiger partial charge is 0.375 e. The SMILES string of the molecule is COCC(=O)Nc1ccc(N2CCCC2)c(F)c1. The molecule has 0 saturated carbocycles. The number of nitrogens with zero attached hydrogens (tertiary/aromatic N) is 1. The maximum Gasteiger partial charge on any atom is 0.250 e. The van der Waals surface area contributed by atoms with E-state index in [2.05, 4.69) is 5.32 Å². The molecule has 1 heterocycles. The molecule has 0 bridgehead atoms. The van der Waals surface area contributed by atoms with Gasteiger partial charge in [-0.05, 0) is 31.0 Å². The molecule has 4 nitrogen and oxygen atoms in total. The van der Waals surface area contributed by atoms with Gasteiger partial charge in [-0.1, -0.05) is 0 Å². The van der Waals surface area contributed by atoms with E-state index in [4.69, 9.17) is 4.74 Å². The number of rotatable bonds is 4. The fraction of sp³-hybridized carbons (Fsp3) is 0.462. The van der Waals surface area contributed by atoms with E-state index in [1.807, 2.05) is 4.90 Å². The Hall–Kier alpha value is -1.62. The molecule has 98 valence electrons. The number of hydrogen-bond acceptors (Lipinski definition) is 3. The summed E-state index contributed by atoms with van der Waals surface area (Å²) in [7, 11) is 1.44. The first kappa shape index (κ1) is 12.8. The van der Waals surface area contributed by atoms with Gasteiger partial charge in [0, 0.05) is 25.9 Å². The molecule has 2 rings (SSSR count). The molecule has 0 atom stereocenters. The molecule has 1 N–H and O–H groups in total. The Labute approximate surface area is 106 Å². The monoisotopic (exact) mass is 252 g/mol. The van der Waals surface area contributed by atoms with Crippen LogP contribution in [0.2, 0.25) is 0 Å². The van der Waals surface area contributed by atoms with Crippen LogP contribution in [0.4, 0.5) is 15.8 Å². The predicted octanol–water partition coefficient (Wildman–Crippen LogP) is 2.01. The van der Waals surface area contributed by atoms with Crippen molar-refractivity contribution >= 4 is 17.3 Å². The highest BCUT2D eigenvalue weighted by atomic mass is 19.1. The summed E-state index contributed by atoms with van der Waals surface area (Å²) in [5.41, 5.74) is 1.06. The van der Waals surface area contributed by atoms with Crippen LogP contribution in [0.3, 0.4) is 0 Å². The minimum absolute atomic E-state index is 0.0322. The lowest BCUT2D eigenvalue weighted by Crippen LogP contribution is -2.20. The number of halogens is 1. The van der Waals surface area contributed by atoms with Gasteiger partial charge in [0.2, 0.25) is 5.91 Å². The molecule has 0 radical (unpaired) electrons. The predicted molar refractivity (Wildman–Crippen MR) is 68.4 cm³/mol. The maximum absolute atomic E-state index is 13.9. The number of hydrogen-bond donors (Lipinski definition) is 1. The average molecular weight is 252 g/mol. The number of carbonyl (C=O) groups excluding carboxylic acids is 1. The molecule has 1 aromatic carbocycles. The van der Waals surface area contributed by atoms with E-state index in [0.717, 1.165) is 25.9 Å². The van der Waals surface area contributed by atoms with Crippen molar-refractivity contribution in [1.29, 1.82) is 0 Å². The summed E-state index contributed by atoms with van der Waals surface area (Å²) in [4.78, 5) is 13.3. The fourth-order valence-electron chi connectivity index (χ4n) is 2.13. The third-order valence-electron chi connectivity index (χ3n) is 2.95. The third kappa shape index (κ3) is 2.98. The first-order chi connectivity index (χ1) is 8.70. The highest BCUT2D eigenvalue weighted by molar-refractivity contribution is 5.91. The van der Waals surface area contributed by atoms with Gasteiger partial charge < -0.3 is 15.0 Å². The molecule has 0 aromatic heterocycles. The fourth-order valence-corrected chi connectivity index (χ4v) is 2.13. The average Bonchev–Trinajstić information content (AvgIpc) is 2.82. The second-order valence-electron chi connectivity index (χ2n) is 4.34. The number of amides is 1. The normalized spacial score (nSPS) is 14.9. The van der Waals surface area contributed by atoms with Crippen molar-refractivity contribution in [2.75, 3.05) is 37.0 Å². The molecule has 1 aliphatic rings. The zero-order valence-electron chi connectivity index (χ0n) is 10.4. The number of benzene rings is 1. The molecule has 1 aliphatic heterocycles. The summed E-state index contributed by atoms with van der Waals surface area (Å²) in [6.45, 7) is 1.76. The minimum atomic E-state index is -0.299. The first-order valence-electron chi connectivity index (χ1n) is 6.04. The van der Waals surface area contributed by atoms with Crippen LogP contribution in [0.25, 0.3) is 0 Å². The topological polar surface area (TPSA) is 41.6 Å². The second kappa shape index (κ2) is 5.82. The Kier molecular flexibility index (Phi) is 4.15. The van der Waals surface area contributed by atoms with Gasteiger partial charge in [-0.2, -0.15) is 0 Å². The first-order valence-corrected chi connectivity index (χ1v) is 6.04. The molecule has 1 saturated heterocycles. The van der Waals surface area contributed by atoms with Crippen molar-refractivity contribution in [1.82, 2.24) is 0 Å². The smallest absolute Gasteiger partial charge is 0.250 e. The molecule has 1 aromatic rings. The summed E-state index contributed by atoms with van der Waals surface area (Å²) in [6, 6.07) is 4.77. The van der Waals surface area contributed by atoms with Crippen molar-refractivity contribution in [3.05, 3.63) is 24.0 Å². The third-order valence-corrected chi connectivity index (χ3v) is 2.95. The van der Waals surface area contributed by atoms with Crippen LogP contribution in [0.15, 0.2) is 18.2 Å². The highest BCUT2D eigenvalue weighted by Crippen LogP contribution is 2.25. The zero-order chi connectivity index (χ0) is 13.0. The quantitative estimate of drug-likeness (QED) is 0.891. The van der Waals surface area contributed by atoms with Crippen molar-refractivity contribution in [3.63, 3.8) is 0 Å². The molecular weight excluding hydrogens is 235 g/mol. The Morgan fingerprint density at radius 3 is 2.78 bits per heavy atom. The van der Waals surface area contributed by atoms with E-state index >= 15 is 0 Å². The van der Waals surface area contributed by atoms with Gasteiger partial charge >= 0.3 is 0 Å². The van der Waals surface area contributed by atoms with Gasteiger partial charge in [0.05, 0.1) is 5.69 Å². The van der Waals surface area contributed by atoms with Crippen LogP contribution in [0.1, 0.15) is 12.8 Å². The summed E-state index contributed by atoms with van der Waals surface area (Å²) in [5, 5.41) is 2.58. The van der Waals surface area contributed by atoms with Crippen LogP contribution < -0.4 is 10.2 Å². The van der Waals surface area contributed by atoms with Crippen LogP contribution in [-0.2, 0) is 9.53 Å². The van der Waals surface area contributed by atoms with Crippen LogP contribution >= 0.6 is 0 Å². The maximum atomic E-state index is 13.9. The van der Waals surface area contributed by atoms with Crippen molar-refractivity contribution in [3.8, 4) is 0 Å². The second-order valence-corrected chi connectivity index (χ2v) is 4.34. The molecule has 18 heavy (non-hydrogen) atoms. The van der Waals surface area contributed by atoms with Crippen molar-refractivity contribution < 1.29 is 13.9 Å². The lowest BCUT2D eigenvalue weighted by molar-refractivity contribution is -0.119. The summed E-state index contributed by atoms with van der Waals surface area (Å²) in [5.74, 6) is -0.585. The van der Waals surface area contributed by atoms with Crippen molar-refractivity contribution in [2.24, 2.45) is 0 Å². The number of nitrogens with one attached hydrogen (secondary N) is 1. The van der Waals surface area contributed by atoms with E-state index in [0.29, 0.717) is 11.4 Å². The van der Waals surface area contributed by atoms with Gasteiger partial charge in [-0.3, -0.25) is 4.79 Å². The van der Waals surface area contributed by atoms with Gasteiger partial charge in [0.1, 0.15) is 12.4 Å². The standard InChI is InChI=1S/C13H17FN2O2/c1-18-9-13(17)15-10-4-5-12(11(14)8-10)16-6-2-3-7-16/h4-5,8H,2-3,6-7,9H2,1H3,(H,15,17). The number of anilines is 2. The van der Waals surface area contributed by atoms with Crippen molar-refractivity contribution in [2.45, 2.75) is 12.8 Å². The molecule has 0 aliphatic carbocycles. The minimum Gasteiger partial charge on any atom is -0.375 e. The van der Waals surface area contributed by atoms with Gasteiger partial charge in [-0.15, -0.1) is 0 Å². The molecule has 5 heteroatoms. The highest BCUT2D eigenvalue weighted by Gasteiger charge is 2.16. The summed E-state index contributed by atoms with van der Waals surface area (Å²) < 4.78 is 18.6. The van der Waals surface area contributed by atoms with Gasteiger partial charge in [-0.25, -0.2) is 4.39 Å². The summed E-state index contributed by atoms with van der Waals surface area (Å²) in [6.07, 6.45) is 2.21. The van der Waals surface area contributed by atoms with Crippen LogP contribution in [-0.4, -0.2) is 32.7 Å². The number of methoxy groups -OCH3 is 1. The summed E-state index contributed by atoms with van der Waals surface area (Å²) >= 11 is 0. The molecule has 0 spiro atoms. The van der Waals surface area contributed by atoms with E-state index in [-0.39, 0.29) is 18.3 Å². The van der Waals surface area contributed by atoms with Gasteiger partial charge in [0.25, 0.3) is 0 Å². The van der Waals surface area contributed by atoms with E-state index in [1.54, 1.807) is 12.1 Å². The van der Waals surface area contributed by atoms with E-state index in [9.17, 15) is 9.18 Å². The van der Waals surface area contributed by atoms with Gasteiger partial charge in [0.15, 0.2) is 0 Å². The zero-order valence-corrected chi connectivity index (χ0v) is 10.4. The molecule has 0 unspecified atom stereocenters. The number of ether oxygens (including phenoxy) is 1. The lowest BCUT2D eigenvalue weighted by Gasteiger charge is -2.18. The molecule has 1 amide bonds. The van der Waals surface area contributed by atoms with E-state index < -0.39 is 0 Å². The Bertz CT molecular complexity index is 431. The van der Waals surface area contributed by atoms with Crippen LogP contribution in [0, 0.1) is 5.82 Å². The molecule has 1 fully saturated rings. The Balaban J connectivity index is 2.07. The number of carbonyl (C=O) groups is 1. The van der Waals surface area contributed by atoms with Crippen LogP contribution in [0.5, 0.6) is 0 Å². The Morgan fingerprint density at radius 2 is 2.17 bits per heavy atom.